The lowest BCUT2D eigenvalue weighted by Gasteiger charge is -2.13. The normalized spacial score (nSPS) is 10.8. The molecule has 8 heteroatoms. The highest BCUT2D eigenvalue weighted by molar-refractivity contribution is 6.09. The number of hydrogen-bond donors (Lipinski definition) is 0. The average molecular weight is 407 g/mol. The minimum atomic E-state index is -0.340. The number of rotatable bonds is 6. The van der Waals surface area contributed by atoms with Crippen LogP contribution in [0.1, 0.15) is 16.1 Å². The maximum atomic E-state index is 13.3. The van der Waals surface area contributed by atoms with Crippen molar-refractivity contribution in [2.45, 2.75) is 0 Å². The summed E-state index contributed by atoms with van der Waals surface area (Å²) in [7, 11) is 4.46. The zero-order chi connectivity index (χ0) is 21.3. The summed E-state index contributed by atoms with van der Waals surface area (Å²) >= 11 is 0. The van der Waals surface area contributed by atoms with Crippen molar-refractivity contribution in [1.82, 2.24) is 14.4 Å². The van der Waals surface area contributed by atoms with Crippen LogP contribution in [0, 0.1) is 5.82 Å². The Hall–Kier alpha value is -3.94. The Balaban J connectivity index is 1.80. The molecular formula is C22H18FN3O4. The van der Waals surface area contributed by atoms with E-state index < -0.39 is 0 Å². The van der Waals surface area contributed by atoms with Crippen molar-refractivity contribution in [3.63, 3.8) is 0 Å². The van der Waals surface area contributed by atoms with Gasteiger partial charge in [0.05, 0.1) is 21.3 Å². The molecule has 0 aliphatic heterocycles. The monoisotopic (exact) mass is 407 g/mol. The molecule has 0 atom stereocenters. The second-order valence-corrected chi connectivity index (χ2v) is 6.38. The van der Waals surface area contributed by atoms with Crippen molar-refractivity contribution in [2.75, 3.05) is 21.3 Å². The third kappa shape index (κ3) is 3.32. The molecule has 2 aromatic carbocycles. The Morgan fingerprint density at radius 3 is 2.27 bits per heavy atom. The summed E-state index contributed by atoms with van der Waals surface area (Å²) in [5, 5.41) is 0. The molecule has 2 heterocycles. The second kappa shape index (κ2) is 7.82. The number of benzene rings is 2. The van der Waals surface area contributed by atoms with E-state index >= 15 is 0 Å². The zero-order valence-electron chi connectivity index (χ0n) is 16.5. The third-order valence-corrected chi connectivity index (χ3v) is 4.65. The van der Waals surface area contributed by atoms with E-state index in [1.165, 1.54) is 33.5 Å². The second-order valence-electron chi connectivity index (χ2n) is 6.38. The van der Waals surface area contributed by atoms with Gasteiger partial charge in [0.15, 0.2) is 17.1 Å². The Kier molecular flexibility index (Phi) is 5.05. The first-order valence-corrected chi connectivity index (χ1v) is 9.00. The van der Waals surface area contributed by atoms with Crippen LogP contribution < -0.4 is 14.2 Å². The van der Waals surface area contributed by atoms with Crippen molar-refractivity contribution < 1.29 is 23.4 Å². The number of aromatic nitrogens is 3. The summed E-state index contributed by atoms with van der Waals surface area (Å²) in [6.07, 6.45) is 4.91. The molecule has 152 valence electrons. The molecular weight excluding hydrogens is 389 g/mol. The van der Waals surface area contributed by atoms with Crippen LogP contribution in [0.15, 0.2) is 55.0 Å². The number of carbonyl (C=O) groups excluding carboxylic acids is 1. The molecule has 0 radical (unpaired) electrons. The van der Waals surface area contributed by atoms with E-state index in [9.17, 15) is 9.18 Å². The molecule has 7 nitrogen and oxygen atoms in total. The van der Waals surface area contributed by atoms with Crippen molar-refractivity contribution in [3.05, 3.63) is 72.1 Å². The van der Waals surface area contributed by atoms with E-state index in [1.807, 2.05) is 0 Å². The summed E-state index contributed by atoms with van der Waals surface area (Å²) in [6.45, 7) is 0. The topological polar surface area (TPSA) is 75.0 Å². The van der Waals surface area contributed by atoms with Crippen LogP contribution in [-0.2, 0) is 0 Å². The lowest BCUT2D eigenvalue weighted by Crippen LogP contribution is -2.04. The molecule has 0 saturated carbocycles. The maximum absolute atomic E-state index is 13.3. The van der Waals surface area contributed by atoms with Crippen molar-refractivity contribution in [1.29, 1.82) is 0 Å². The Morgan fingerprint density at radius 1 is 1.00 bits per heavy atom. The van der Waals surface area contributed by atoms with E-state index in [1.54, 1.807) is 47.3 Å². The summed E-state index contributed by atoms with van der Waals surface area (Å²) in [6, 6.07) is 9.09. The maximum Gasteiger partial charge on any atom is 0.213 e. The fourth-order valence-corrected chi connectivity index (χ4v) is 3.20. The quantitative estimate of drug-likeness (QED) is 0.453. The lowest BCUT2D eigenvalue weighted by molar-refractivity contribution is 0.103. The molecule has 0 spiro atoms. The number of imidazole rings is 1. The summed E-state index contributed by atoms with van der Waals surface area (Å²) in [4.78, 5) is 22.0. The van der Waals surface area contributed by atoms with Crippen LogP contribution in [-0.4, -0.2) is 41.5 Å². The highest BCUT2D eigenvalue weighted by atomic mass is 19.1. The molecule has 0 fully saturated rings. The Labute approximate surface area is 171 Å². The van der Waals surface area contributed by atoms with Crippen molar-refractivity contribution >= 4 is 11.4 Å². The molecule has 0 saturated heterocycles. The minimum absolute atomic E-state index is 0.223. The molecule has 0 aliphatic carbocycles. The first-order chi connectivity index (χ1) is 14.5. The van der Waals surface area contributed by atoms with E-state index in [0.717, 1.165) is 0 Å². The standard InChI is InChI=1S/C22H18FN3O4/c1-28-17-10-14(11-18(29-2)21(17)30-3)20(27)16-12-26-9-8-24-19(22(26)25-16)13-4-6-15(23)7-5-13/h4-12H,1-3H3. The van der Waals surface area contributed by atoms with Gasteiger partial charge < -0.3 is 18.6 Å². The molecule has 0 amide bonds. The number of hydrogen-bond acceptors (Lipinski definition) is 6. The van der Waals surface area contributed by atoms with Gasteiger partial charge in [-0.05, 0) is 36.4 Å². The minimum Gasteiger partial charge on any atom is -0.493 e. The summed E-state index contributed by atoms with van der Waals surface area (Å²) in [5.41, 5.74) is 2.28. The zero-order valence-corrected chi connectivity index (χ0v) is 16.5. The van der Waals surface area contributed by atoms with Crippen molar-refractivity contribution in [2.24, 2.45) is 0 Å². The number of halogens is 1. The number of ketones is 1. The van der Waals surface area contributed by atoms with E-state index in [2.05, 4.69) is 9.97 Å². The smallest absolute Gasteiger partial charge is 0.213 e. The van der Waals surface area contributed by atoms with Gasteiger partial charge in [0, 0.05) is 29.7 Å². The van der Waals surface area contributed by atoms with Gasteiger partial charge in [0.2, 0.25) is 11.5 Å². The van der Waals surface area contributed by atoms with Gasteiger partial charge in [-0.2, -0.15) is 0 Å². The fraction of sp³-hybridized carbons (Fsp3) is 0.136. The molecule has 0 bridgehead atoms. The molecule has 0 unspecified atom stereocenters. The average Bonchev–Trinajstić information content (AvgIpc) is 3.22. The van der Waals surface area contributed by atoms with Crippen LogP contribution >= 0.6 is 0 Å². The lowest BCUT2D eigenvalue weighted by atomic mass is 10.1. The molecule has 2 aromatic heterocycles. The SMILES string of the molecule is COc1cc(C(=O)c2cn3ccnc(-c4ccc(F)cc4)c3n2)cc(OC)c1OC. The van der Waals surface area contributed by atoms with Gasteiger partial charge >= 0.3 is 0 Å². The number of nitrogens with zero attached hydrogens (tertiary/aromatic N) is 3. The van der Waals surface area contributed by atoms with Crippen molar-refractivity contribution in [3.8, 4) is 28.5 Å². The van der Waals surface area contributed by atoms with Crippen LogP contribution in [0.5, 0.6) is 17.2 Å². The number of methoxy groups -OCH3 is 3. The fourth-order valence-electron chi connectivity index (χ4n) is 3.20. The van der Waals surface area contributed by atoms with E-state index in [0.29, 0.717) is 39.7 Å². The number of fused-ring (bicyclic) bond motifs is 1. The predicted octanol–water partition coefficient (Wildman–Crippen LogP) is 3.79. The van der Waals surface area contributed by atoms with Gasteiger partial charge in [-0.15, -0.1) is 0 Å². The van der Waals surface area contributed by atoms with Gasteiger partial charge in [0.25, 0.3) is 0 Å². The Morgan fingerprint density at radius 2 is 1.67 bits per heavy atom. The first-order valence-electron chi connectivity index (χ1n) is 9.00. The summed E-state index contributed by atoms with van der Waals surface area (Å²) < 4.78 is 30.9. The highest BCUT2D eigenvalue weighted by Crippen LogP contribution is 2.38. The molecule has 30 heavy (non-hydrogen) atoms. The van der Waals surface area contributed by atoms with Gasteiger partial charge in [-0.1, -0.05) is 0 Å². The van der Waals surface area contributed by atoms with E-state index in [4.69, 9.17) is 14.2 Å². The Bertz CT molecular complexity index is 1210. The van der Waals surface area contributed by atoms with Gasteiger partial charge in [0.1, 0.15) is 17.2 Å². The number of carbonyl (C=O) groups is 1. The van der Waals surface area contributed by atoms with Crippen LogP contribution in [0.4, 0.5) is 4.39 Å². The van der Waals surface area contributed by atoms with Gasteiger partial charge in [-0.25, -0.2) is 9.37 Å². The van der Waals surface area contributed by atoms with E-state index in [-0.39, 0.29) is 17.3 Å². The summed E-state index contributed by atoms with van der Waals surface area (Å²) in [5.74, 6) is 0.486. The molecule has 4 aromatic rings. The van der Waals surface area contributed by atoms with Crippen LogP contribution in [0.25, 0.3) is 16.9 Å². The molecule has 0 N–H and O–H groups in total. The highest BCUT2D eigenvalue weighted by Gasteiger charge is 2.21. The third-order valence-electron chi connectivity index (χ3n) is 4.65. The van der Waals surface area contributed by atoms with Crippen LogP contribution in [0.3, 0.4) is 0 Å². The largest absolute Gasteiger partial charge is 0.493 e. The van der Waals surface area contributed by atoms with Crippen LogP contribution in [0.2, 0.25) is 0 Å². The molecule has 0 aliphatic rings. The molecule has 4 rings (SSSR count). The predicted molar refractivity (Wildman–Crippen MR) is 108 cm³/mol. The van der Waals surface area contributed by atoms with Gasteiger partial charge in [-0.3, -0.25) is 9.78 Å². The first kappa shape index (κ1) is 19.4. The number of ether oxygens (including phenoxy) is 3.